The Kier molecular flexibility index (Phi) is 6.13. The van der Waals surface area contributed by atoms with E-state index in [2.05, 4.69) is 10.5 Å². The summed E-state index contributed by atoms with van der Waals surface area (Å²) in [5, 5.41) is 16.0. The average molecular weight is 320 g/mol. The molecule has 0 radical (unpaired) electrons. The van der Waals surface area contributed by atoms with Crippen molar-refractivity contribution in [3.63, 3.8) is 0 Å². The van der Waals surface area contributed by atoms with E-state index >= 15 is 0 Å². The van der Waals surface area contributed by atoms with Crippen LogP contribution >= 0.6 is 0 Å². The lowest BCUT2D eigenvalue weighted by Gasteiger charge is -2.12. The summed E-state index contributed by atoms with van der Waals surface area (Å²) >= 11 is 0. The number of carbonyl (C=O) groups is 1. The van der Waals surface area contributed by atoms with Crippen molar-refractivity contribution in [2.75, 3.05) is 20.3 Å². The SMILES string of the molecule is COc1ccc(COC[C@@H](O)CNC(=O)c2cc(C)no2)cc1. The number of benzene rings is 1. The zero-order chi connectivity index (χ0) is 16.7. The van der Waals surface area contributed by atoms with Gasteiger partial charge in [0.15, 0.2) is 0 Å². The number of carbonyl (C=O) groups excluding carboxylic acids is 1. The van der Waals surface area contributed by atoms with Crippen LogP contribution in [0.3, 0.4) is 0 Å². The minimum atomic E-state index is -0.804. The van der Waals surface area contributed by atoms with E-state index in [-0.39, 0.29) is 18.9 Å². The van der Waals surface area contributed by atoms with Gasteiger partial charge in [0.1, 0.15) is 5.75 Å². The van der Waals surface area contributed by atoms with Crippen LogP contribution in [0.4, 0.5) is 0 Å². The number of aromatic nitrogens is 1. The number of hydrogen-bond acceptors (Lipinski definition) is 6. The van der Waals surface area contributed by atoms with E-state index in [0.29, 0.717) is 12.3 Å². The van der Waals surface area contributed by atoms with Gasteiger partial charge in [0.25, 0.3) is 5.91 Å². The summed E-state index contributed by atoms with van der Waals surface area (Å²) < 4.78 is 15.3. The van der Waals surface area contributed by atoms with Gasteiger partial charge in [0, 0.05) is 12.6 Å². The minimum absolute atomic E-state index is 0.0706. The topological polar surface area (TPSA) is 93.8 Å². The van der Waals surface area contributed by atoms with E-state index in [1.165, 1.54) is 6.07 Å². The number of aryl methyl sites for hydroxylation is 1. The summed E-state index contributed by atoms with van der Waals surface area (Å²) in [7, 11) is 1.61. The molecule has 2 aromatic rings. The maximum atomic E-state index is 11.7. The number of nitrogens with zero attached hydrogens (tertiary/aromatic N) is 1. The molecule has 7 nitrogen and oxygen atoms in total. The first-order valence-electron chi connectivity index (χ1n) is 7.18. The third-order valence-electron chi connectivity index (χ3n) is 3.09. The van der Waals surface area contributed by atoms with Crippen LogP contribution in [0.1, 0.15) is 21.8 Å². The number of rotatable bonds is 8. The Morgan fingerprint density at radius 3 is 2.74 bits per heavy atom. The van der Waals surface area contributed by atoms with E-state index < -0.39 is 12.0 Å². The van der Waals surface area contributed by atoms with Gasteiger partial charge in [-0.25, -0.2) is 0 Å². The standard InChI is InChI=1S/C16H20N2O5/c1-11-7-15(23-18-11)16(20)17-8-13(19)10-22-9-12-3-5-14(21-2)6-4-12/h3-7,13,19H,8-10H2,1-2H3,(H,17,20)/t13-/m0/s1. The van der Waals surface area contributed by atoms with E-state index in [1.807, 2.05) is 24.3 Å². The molecule has 0 aliphatic rings. The van der Waals surface area contributed by atoms with Gasteiger partial charge in [-0.1, -0.05) is 17.3 Å². The van der Waals surface area contributed by atoms with Gasteiger partial charge in [0.2, 0.25) is 5.76 Å². The lowest BCUT2D eigenvalue weighted by molar-refractivity contribution is 0.0282. The second kappa shape index (κ2) is 8.30. The van der Waals surface area contributed by atoms with Crippen LogP contribution in [0, 0.1) is 6.92 Å². The summed E-state index contributed by atoms with van der Waals surface area (Å²) in [6.07, 6.45) is -0.804. The number of aliphatic hydroxyl groups is 1. The third kappa shape index (κ3) is 5.39. The van der Waals surface area contributed by atoms with Gasteiger partial charge in [-0.3, -0.25) is 4.79 Å². The molecule has 1 aromatic carbocycles. The molecule has 124 valence electrons. The molecule has 1 atom stereocenters. The van der Waals surface area contributed by atoms with Crippen molar-refractivity contribution in [2.45, 2.75) is 19.6 Å². The van der Waals surface area contributed by atoms with Crippen LogP contribution in [0.15, 0.2) is 34.9 Å². The van der Waals surface area contributed by atoms with Crippen LogP contribution in [-0.4, -0.2) is 42.5 Å². The highest BCUT2D eigenvalue weighted by molar-refractivity contribution is 5.91. The van der Waals surface area contributed by atoms with Crippen molar-refractivity contribution >= 4 is 5.91 Å². The first-order valence-corrected chi connectivity index (χ1v) is 7.18. The molecule has 0 saturated carbocycles. The highest BCUT2D eigenvalue weighted by Crippen LogP contribution is 2.12. The summed E-state index contributed by atoms with van der Waals surface area (Å²) in [6.45, 7) is 2.28. The largest absolute Gasteiger partial charge is 0.497 e. The van der Waals surface area contributed by atoms with Gasteiger partial charge in [-0.2, -0.15) is 0 Å². The Balaban J connectivity index is 1.66. The molecular formula is C16H20N2O5. The molecule has 0 aliphatic heterocycles. The number of methoxy groups -OCH3 is 1. The fraction of sp³-hybridized carbons (Fsp3) is 0.375. The number of nitrogens with one attached hydrogen (secondary N) is 1. The van der Waals surface area contributed by atoms with Crippen molar-refractivity contribution in [3.05, 3.63) is 47.3 Å². The van der Waals surface area contributed by atoms with Crippen molar-refractivity contribution in [1.29, 1.82) is 0 Å². The molecule has 1 heterocycles. The Morgan fingerprint density at radius 1 is 1.39 bits per heavy atom. The Bertz CT molecular complexity index is 624. The van der Waals surface area contributed by atoms with Crippen molar-refractivity contribution < 1.29 is 23.9 Å². The van der Waals surface area contributed by atoms with E-state index in [0.717, 1.165) is 11.3 Å². The lowest BCUT2D eigenvalue weighted by Crippen LogP contribution is -2.34. The first-order chi connectivity index (χ1) is 11.1. The summed E-state index contributed by atoms with van der Waals surface area (Å²) in [5.74, 6) is 0.479. The normalized spacial score (nSPS) is 12.0. The molecule has 23 heavy (non-hydrogen) atoms. The number of amides is 1. The molecule has 0 aliphatic carbocycles. The molecule has 0 unspecified atom stereocenters. The molecule has 0 saturated heterocycles. The fourth-order valence-electron chi connectivity index (χ4n) is 1.86. The highest BCUT2D eigenvalue weighted by atomic mass is 16.5. The van der Waals surface area contributed by atoms with Crippen molar-refractivity contribution in [2.24, 2.45) is 0 Å². The van der Waals surface area contributed by atoms with Crippen LogP contribution in [0.5, 0.6) is 5.75 Å². The van der Waals surface area contributed by atoms with E-state index in [9.17, 15) is 9.90 Å². The van der Waals surface area contributed by atoms with Crippen LogP contribution in [0.25, 0.3) is 0 Å². The molecule has 7 heteroatoms. The molecule has 2 N–H and O–H groups in total. The number of hydrogen-bond donors (Lipinski definition) is 2. The van der Waals surface area contributed by atoms with Gasteiger partial charge >= 0.3 is 0 Å². The number of aliphatic hydroxyl groups excluding tert-OH is 1. The summed E-state index contributed by atoms with van der Waals surface area (Å²) in [4.78, 5) is 11.7. The first kappa shape index (κ1) is 17.0. The van der Waals surface area contributed by atoms with Gasteiger partial charge < -0.3 is 24.4 Å². The average Bonchev–Trinajstić information content (AvgIpc) is 3.00. The fourth-order valence-corrected chi connectivity index (χ4v) is 1.86. The second-order valence-corrected chi connectivity index (χ2v) is 5.06. The predicted molar refractivity (Wildman–Crippen MR) is 82.2 cm³/mol. The van der Waals surface area contributed by atoms with Crippen LogP contribution in [0.2, 0.25) is 0 Å². The zero-order valence-electron chi connectivity index (χ0n) is 13.1. The molecule has 0 fully saturated rings. The minimum Gasteiger partial charge on any atom is -0.497 e. The Labute approximate surface area is 134 Å². The maximum absolute atomic E-state index is 11.7. The van der Waals surface area contributed by atoms with Gasteiger partial charge in [-0.05, 0) is 24.6 Å². The quantitative estimate of drug-likeness (QED) is 0.761. The van der Waals surface area contributed by atoms with Gasteiger partial charge in [-0.15, -0.1) is 0 Å². The molecule has 0 spiro atoms. The van der Waals surface area contributed by atoms with Crippen LogP contribution in [-0.2, 0) is 11.3 Å². The Morgan fingerprint density at radius 2 is 2.13 bits per heavy atom. The smallest absolute Gasteiger partial charge is 0.289 e. The molecule has 2 rings (SSSR count). The molecule has 0 bridgehead atoms. The van der Waals surface area contributed by atoms with Crippen molar-refractivity contribution in [1.82, 2.24) is 10.5 Å². The molecular weight excluding hydrogens is 300 g/mol. The van der Waals surface area contributed by atoms with E-state index in [1.54, 1.807) is 14.0 Å². The Hall–Kier alpha value is -2.38. The highest BCUT2D eigenvalue weighted by Gasteiger charge is 2.13. The molecule has 1 aromatic heterocycles. The zero-order valence-corrected chi connectivity index (χ0v) is 13.1. The summed E-state index contributed by atoms with van der Waals surface area (Å²) in [6, 6.07) is 8.99. The predicted octanol–water partition coefficient (Wildman–Crippen LogP) is 1.30. The summed E-state index contributed by atoms with van der Waals surface area (Å²) in [5.41, 5.74) is 1.60. The lowest BCUT2D eigenvalue weighted by atomic mass is 10.2. The molecule has 1 amide bonds. The second-order valence-electron chi connectivity index (χ2n) is 5.06. The van der Waals surface area contributed by atoms with Gasteiger partial charge in [0.05, 0.1) is 32.1 Å². The van der Waals surface area contributed by atoms with Crippen molar-refractivity contribution in [3.8, 4) is 5.75 Å². The number of ether oxygens (including phenoxy) is 2. The monoisotopic (exact) mass is 320 g/mol. The van der Waals surface area contributed by atoms with Crippen LogP contribution < -0.4 is 10.1 Å². The maximum Gasteiger partial charge on any atom is 0.289 e. The third-order valence-corrected chi connectivity index (χ3v) is 3.09. The van der Waals surface area contributed by atoms with E-state index in [4.69, 9.17) is 14.0 Å².